The van der Waals surface area contributed by atoms with Crippen LogP contribution in [0.1, 0.15) is 11.1 Å². The van der Waals surface area contributed by atoms with Crippen molar-refractivity contribution in [2.75, 3.05) is 19.4 Å². The zero-order valence-corrected chi connectivity index (χ0v) is 12.7. The first-order chi connectivity index (χ1) is 11.1. The second kappa shape index (κ2) is 7.31. The highest BCUT2D eigenvalue weighted by molar-refractivity contribution is 5.90. The molecule has 0 aliphatic heterocycles. The molecule has 0 aliphatic rings. The fourth-order valence-corrected chi connectivity index (χ4v) is 2.06. The first-order valence-corrected chi connectivity index (χ1v) is 6.69. The highest BCUT2D eigenvalue weighted by Crippen LogP contribution is 2.29. The van der Waals surface area contributed by atoms with Crippen molar-refractivity contribution >= 4 is 17.3 Å². The van der Waals surface area contributed by atoms with E-state index in [1.165, 1.54) is 12.1 Å². The van der Waals surface area contributed by atoms with Crippen molar-refractivity contribution < 1.29 is 14.7 Å². The highest BCUT2D eigenvalue weighted by Gasteiger charge is 2.06. The molecule has 118 valence electrons. The molecule has 0 atom stereocenters. The number of ether oxygens (including phenoxy) is 2. The van der Waals surface area contributed by atoms with E-state index in [0.717, 1.165) is 5.56 Å². The summed E-state index contributed by atoms with van der Waals surface area (Å²) in [4.78, 5) is 0. The van der Waals surface area contributed by atoms with Crippen LogP contribution in [0, 0.1) is 16.5 Å². The Morgan fingerprint density at radius 3 is 2.30 bits per heavy atom. The van der Waals surface area contributed by atoms with E-state index in [2.05, 4.69) is 6.07 Å². The summed E-state index contributed by atoms with van der Waals surface area (Å²) in [6, 6.07) is 13.5. The predicted molar refractivity (Wildman–Crippen MR) is 87.1 cm³/mol. The van der Waals surface area contributed by atoms with Crippen molar-refractivity contribution in [1.29, 1.82) is 5.26 Å². The molecule has 0 bridgehead atoms. The molecule has 6 nitrogen and oxygen atoms in total. The molecule has 0 saturated heterocycles. The molecule has 6 heteroatoms. The predicted octanol–water partition coefficient (Wildman–Crippen LogP) is 3.46. The molecule has 1 N–H and O–H groups in total. The van der Waals surface area contributed by atoms with Gasteiger partial charge in [-0.25, -0.2) is 0 Å². The number of methoxy groups -OCH3 is 2. The van der Waals surface area contributed by atoms with Crippen LogP contribution in [0.25, 0.3) is 11.6 Å². The Morgan fingerprint density at radius 1 is 1.13 bits per heavy atom. The minimum Gasteiger partial charge on any atom is -0.733 e. The molecule has 0 heterocycles. The van der Waals surface area contributed by atoms with E-state index in [1.54, 1.807) is 50.6 Å². The quantitative estimate of drug-likeness (QED) is 0.517. The first kappa shape index (κ1) is 16.4. The highest BCUT2D eigenvalue weighted by atomic mass is 16.8. The van der Waals surface area contributed by atoms with Gasteiger partial charge in [0.15, 0.2) is 11.5 Å². The molecule has 0 unspecified atom stereocenters. The van der Waals surface area contributed by atoms with Gasteiger partial charge in [-0.05, 0) is 41.5 Å². The van der Waals surface area contributed by atoms with Crippen molar-refractivity contribution in [3.8, 4) is 17.6 Å². The second-order valence-corrected chi connectivity index (χ2v) is 4.60. The fourth-order valence-electron chi connectivity index (χ4n) is 2.06. The third-order valence-electron chi connectivity index (χ3n) is 3.24. The number of anilines is 1. The minimum absolute atomic E-state index is 0.0946. The van der Waals surface area contributed by atoms with E-state index < -0.39 is 0 Å². The maximum Gasteiger partial charge on any atom is 0.161 e. The lowest BCUT2D eigenvalue weighted by atomic mass is 10.0. The number of hydrogen-bond donors (Lipinski definition) is 1. The Hall–Kier alpha value is -3.01. The van der Waals surface area contributed by atoms with Crippen molar-refractivity contribution in [3.63, 3.8) is 0 Å². The molecule has 0 saturated carbocycles. The molecule has 0 radical (unpaired) electrons. The van der Waals surface area contributed by atoms with Gasteiger partial charge in [0.05, 0.1) is 31.5 Å². The van der Waals surface area contributed by atoms with Crippen LogP contribution in [0.3, 0.4) is 0 Å². The molecule has 0 spiro atoms. The summed E-state index contributed by atoms with van der Waals surface area (Å²) in [6.07, 6.45) is 1.70. The Labute approximate surface area is 133 Å². The summed E-state index contributed by atoms with van der Waals surface area (Å²) in [6.45, 7) is 0. The number of allylic oxidation sites excluding steroid dienone is 1. The van der Waals surface area contributed by atoms with Crippen LogP contribution in [0.15, 0.2) is 42.5 Å². The Kier molecular flexibility index (Phi) is 5.20. The van der Waals surface area contributed by atoms with Crippen LogP contribution in [-0.2, 0) is 0 Å². The fraction of sp³-hybridized carbons (Fsp3) is 0.118. The summed E-state index contributed by atoms with van der Waals surface area (Å²) in [5.74, 6) is 1.17. The summed E-state index contributed by atoms with van der Waals surface area (Å²) in [5.41, 5.74) is 1.92. The third-order valence-corrected chi connectivity index (χ3v) is 3.24. The normalized spacial score (nSPS) is 10.8. The van der Waals surface area contributed by atoms with Crippen molar-refractivity contribution in [2.45, 2.75) is 0 Å². The summed E-state index contributed by atoms with van der Waals surface area (Å²) < 4.78 is 10.4. The standard InChI is InChI=1S/C17H15N2O4/c1-22-16-8-3-12(10-17(16)23-2)9-14(11-18)13-4-6-15(7-5-13)19(20)21/h3-10,20H,1-2H3/q-1/b14-9-. The Balaban J connectivity index is 2.37. The molecule has 0 fully saturated rings. The number of benzene rings is 2. The number of rotatable bonds is 5. The van der Waals surface area contributed by atoms with Gasteiger partial charge in [-0.15, -0.1) is 0 Å². The largest absolute Gasteiger partial charge is 0.733 e. The van der Waals surface area contributed by atoms with Crippen molar-refractivity contribution in [2.24, 2.45) is 0 Å². The molecule has 2 aromatic carbocycles. The third kappa shape index (κ3) is 3.80. The molecule has 0 aromatic heterocycles. The molecule has 2 rings (SSSR count). The van der Waals surface area contributed by atoms with Gasteiger partial charge in [0, 0.05) is 0 Å². The zero-order valence-electron chi connectivity index (χ0n) is 12.7. The summed E-state index contributed by atoms with van der Waals surface area (Å²) in [7, 11) is 3.09. The molecular formula is C17H15N2O4-. The number of nitriles is 1. The van der Waals surface area contributed by atoms with Gasteiger partial charge < -0.3 is 19.9 Å². The van der Waals surface area contributed by atoms with E-state index in [9.17, 15) is 10.5 Å². The zero-order chi connectivity index (χ0) is 16.8. The van der Waals surface area contributed by atoms with Crippen LogP contribution in [0.4, 0.5) is 5.69 Å². The van der Waals surface area contributed by atoms with Gasteiger partial charge in [-0.1, -0.05) is 18.2 Å². The topological polar surface area (TPSA) is 88.8 Å². The molecule has 0 aliphatic carbocycles. The van der Waals surface area contributed by atoms with Gasteiger partial charge in [0.1, 0.15) is 0 Å². The average Bonchev–Trinajstić information content (AvgIpc) is 2.59. The molecular weight excluding hydrogens is 296 g/mol. The van der Waals surface area contributed by atoms with E-state index in [4.69, 9.17) is 14.7 Å². The summed E-state index contributed by atoms with van der Waals surface area (Å²) >= 11 is 0. The van der Waals surface area contributed by atoms with Crippen LogP contribution >= 0.6 is 0 Å². The lowest BCUT2D eigenvalue weighted by Crippen LogP contribution is -2.06. The minimum atomic E-state index is -0.228. The lowest BCUT2D eigenvalue weighted by molar-refractivity contribution is 0.296. The van der Waals surface area contributed by atoms with E-state index in [1.807, 2.05) is 0 Å². The van der Waals surface area contributed by atoms with E-state index >= 15 is 0 Å². The Bertz CT molecular complexity index is 746. The van der Waals surface area contributed by atoms with Gasteiger partial charge in [0.25, 0.3) is 0 Å². The SMILES string of the molecule is COc1ccc(/C=C(/C#N)c2ccc(N([O-])O)cc2)cc1OC. The lowest BCUT2D eigenvalue weighted by Gasteiger charge is -2.21. The second-order valence-electron chi connectivity index (χ2n) is 4.60. The summed E-state index contributed by atoms with van der Waals surface area (Å²) in [5, 5.41) is 28.7. The van der Waals surface area contributed by atoms with E-state index in [0.29, 0.717) is 22.6 Å². The number of nitrogens with zero attached hydrogens (tertiary/aromatic N) is 2. The molecule has 23 heavy (non-hydrogen) atoms. The van der Waals surface area contributed by atoms with Crippen LogP contribution in [0.5, 0.6) is 11.5 Å². The molecule has 0 amide bonds. The maximum absolute atomic E-state index is 10.8. The van der Waals surface area contributed by atoms with Crippen molar-refractivity contribution in [1.82, 2.24) is 0 Å². The van der Waals surface area contributed by atoms with Gasteiger partial charge >= 0.3 is 0 Å². The van der Waals surface area contributed by atoms with Gasteiger partial charge in [0.2, 0.25) is 0 Å². The smallest absolute Gasteiger partial charge is 0.161 e. The maximum atomic E-state index is 10.8. The van der Waals surface area contributed by atoms with Gasteiger partial charge in [-0.3, -0.25) is 5.21 Å². The molecule has 2 aromatic rings. The monoisotopic (exact) mass is 311 g/mol. The van der Waals surface area contributed by atoms with Crippen LogP contribution in [-0.4, -0.2) is 19.4 Å². The number of hydrogen-bond acceptors (Lipinski definition) is 6. The van der Waals surface area contributed by atoms with E-state index in [-0.39, 0.29) is 10.9 Å². The van der Waals surface area contributed by atoms with Crippen LogP contribution in [0.2, 0.25) is 0 Å². The van der Waals surface area contributed by atoms with Crippen molar-refractivity contribution in [3.05, 3.63) is 58.8 Å². The first-order valence-electron chi connectivity index (χ1n) is 6.69. The average molecular weight is 311 g/mol. The van der Waals surface area contributed by atoms with Crippen LogP contribution < -0.4 is 14.7 Å². The Morgan fingerprint density at radius 2 is 1.78 bits per heavy atom. The van der Waals surface area contributed by atoms with Gasteiger partial charge in [-0.2, -0.15) is 5.26 Å².